The van der Waals surface area contributed by atoms with Gasteiger partial charge in [0.15, 0.2) is 0 Å². The fraction of sp³-hybridized carbons (Fsp3) is 0.357. The van der Waals surface area contributed by atoms with Crippen LogP contribution < -0.4 is 10.2 Å². The number of anilines is 1. The highest BCUT2D eigenvalue weighted by Gasteiger charge is 2.43. The van der Waals surface area contributed by atoms with Crippen LogP contribution in [0.1, 0.15) is 19.4 Å². The average molecular weight is 278 g/mol. The van der Waals surface area contributed by atoms with E-state index in [-0.39, 0.29) is 11.6 Å². The third-order valence-corrected chi connectivity index (χ3v) is 3.28. The van der Waals surface area contributed by atoms with Crippen LogP contribution in [-0.4, -0.2) is 17.8 Å². The van der Waals surface area contributed by atoms with Gasteiger partial charge in [-0.05, 0) is 30.5 Å². The van der Waals surface area contributed by atoms with E-state index in [2.05, 4.69) is 5.32 Å². The van der Waals surface area contributed by atoms with Crippen LogP contribution in [0.4, 0.5) is 14.9 Å². The number of imide groups is 2. The molecule has 5 nitrogen and oxygen atoms in total. The molecule has 0 bridgehead atoms. The van der Waals surface area contributed by atoms with Gasteiger partial charge < -0.3 is 0 Å². The van der Waals surface area contributed by atoms with Gasteiger partial charge in [-0.15, -0.1) is 0 Å². The quantitative estimate of drug-likeness (QED) is 0.841. The van der Waals surface area contributed by atoms with Crippen molar-refractivity contribution in [3.05, 3.63) is 29.6 Å². The van der Waals surface area contributed by atoms with Crippen LogP contribution in [0.15, 0.2) is 18.2 Å². The van der Waals surface area contributed by atoms with Gasteiger partial charge in [-0.2, -0.15) is 0 Å². The van der Waals surface area contributed by atoms with Gasteiger partial charge in [0, 0.05) is 0 Å². The zero-order chi connectivity index (χ0) is 15.0. The first-order chi connectivity index (χ1) is 9.32. The predicted molar refractivity (Wildman–Crippen MR) is 70.5 cm³/mol. The zero-order valence-corrected chi connectivity index (χ0v) is 11.4. The van der Waals surface area contributed by atoms with Gasteiger partial charge in [-0.1, -0.05) is 19.9 Å². The van der Waals surface area contributed by atoms with Crippen molar-refractivity contribution in [2.75, 3.05) is 4.90 Å². The standard InChI is InChI=1S/C14H15FN2O3/c1-7(2)11-12(18)16-14(20)17(13(11)19)10-6-9(15)5-4-8(10)3/h4-7,11H,1-3H3,(H,16,18,20). The van der Waals surface area contributed by atoms with E-state index in [1.807, 2.05) is 0 Å². The van der Waals surface area contributed by atoms with Crippen molar-refractivity contribution in [1.29, 1.82) is 0 Å². The summed E-state index contributed by atoms with van der Waals surface area (Å²) < 4.78 is 13.4. The van der Waals surface area contributed by atoms with E-state index in [0.717, 1.165) is 11.0 Å². The van der Waals surface area contributed by atoms with E-state index >= 15 is 0 Å². The Hall–Kier alpha value is -2.24. The molecule has 1 N–H and O–H groups in total. The number of rotatable bonds is 2. The van der Waals surface area contributed by atoms with Gasteiger partial charge in [-0.3, -0.25) is 14.9 Å². The lowest BCUT2D eigenvalue weighted by atomic mass is 9.91. The third kappa shape index (κ3) is 2.29. The molecule has 0 aliphatic carbocycles. The van der Waals surface area contributed by atoms with Crippen molar-refractivity contribution in [2.45, 2.75) is 20.8 Å². The Bertz CT molecular complexity index is 598. The molecule has 1 heterocycles. The maximum absolute atomic E-state index is 13.4. The molecule has 1 fully saturated rings. The smallest absolute Gasteiger partial charge is 0.277 e. The Kier molecular flexibility index (Phi) is 3.57. The molecule has 0 aromatic heterocycles. The topological polar surface area (TPSA) is 66.5 Å². The van der Waals surface area contributed by atoms with Crippen LogP contribution in [-0.2, 0) is 9.59 Å². The molecule has 6 heteroatoms. The molecule has 106 valence electrons. The van der Waals surface area contributed by atoms with E-state index < -0.39 is 29.6 Å². The van der Waals surface area contributed by atoms with Crippen LogP contribution in [0.2, 0.25) is 0 Å². The Balaban J connectivity index is 2.49. The molecular weight excluding hydrogens is 263 g/mol. The Morgan fingerprint density at radius 3 is 2.50 bits per heavy atom. The number of barbiturate groups is 1. The van der Waals surface area contributed by atoms with E-state index in [1.165, 1.54) is 12.1 Å². The molecule has 1 aromatic rings. The Morgan fingerprint density at radius 1 is 1.25 bits per heavy atom. The lowest BCUT2D eigenvalue weighted by Gasteiger charge is -2.32. The van der Waals surface area contributed by atoms with Gasteiger partial charge in [0.1, 0.15) is 11.7 Å². The number of nitrogens with one attached hydrogen (secondary N) is 1. The normalized spacial score (nSPS) is 19.6. The lowest BCUT2D eigenvalue weighted by Crippen LogP contribution is -2.59. The third-order valence-electron chi connectivity index (χ3n) is 3.28. The minimum Gasteiger partial charge on any atom is -0.277 e. The minimum atomic E-state index is -0.949. The molecule has 0 spiro atoms. The number of carbonyl (C=O) groups is 3. The van der Waals surface area contributed by atoms with Crippen LogP contribution in [0.3, 0.4) is 0 Å². The van der Waals surface area contributed by atoms with Crippen molar-refractivity contribution < 1.29 is 18.8 Å². The molecule has 1 aliphatic rings. The second-order valence-electron chi connectivity index (χ2n) is 5.12. The predicted octanol–water partition coefficient (Wildman–Crippen LogP) is 1.99. The summed E-state index contributed by atoms with van der Waals surface area (Å²) in [4.78, 5) is 36.8. The van der Waals surface area contributed by atoms with Crippen LogP contribution >= 0.6 is 0 Å². The molecule has 2 rings (SSSR count). The zero-order valence-electron chi connectivity index (χ0n) is 11.4. The SMILES string of the molecule is Cc1ccc(F)cc1N1C(=O)NC(=O)C(C(C)C)C1=O. The summed E-state index contributed by atoms with van der Waals surface area (Å²) in [6, 6.07) is 2.99. The van der Waals surface area contributed by atoms with E-state index in [4.69, 9.17) is 0 Å². The van der Waals surface area contributed by atoms with Gasteiger partial charge in [0.05, 0.1) is 5.69 Å². The molecule has 1 atom stereocenters. The van der Waals surface area contributed by atoms with E-state index in [0.29, 0.717) is 5.56 Å². The fourth-order valence-electron chi connectivity index (χ4n) is 2.23. The summed E-state index contributed by atoms with van der Waals surface area (Å²) in [6.45, 7) is 5.10. The van der Waals surface area contributed by atoms with Gasteiger partial charge >= 0.3 is 6.03 Å². The van der Waals surface area contributed by atoms with Crippen molar-refractivity contribution in [2.24, 2.45) is 11.8 Å². The number of hydrogen-bond acceptors (Lipinski definition) is 3. The van der Waals surface area contributed by atoms with Crippen molar-refractivity contribution in [1.82, 2.24) is 5.32 Å². The minimum absolute atomic E-state index is 0.158. The number of halogens is 1. The lowest BCUT2D eigenvalue weighted by molar-refractivity contribution is -0.136. The highest BCUT2D eigenvalue weighted by Crippen LogP contribution is 2.27. The maximum Gasteiger partial charge on any atom is 0.335 e. The van der Waals surface area contributed by atoms with Gasteiger partial charge in [-0.25, -0.2) is 14.1 Å². The number of amides is 4. The fourth-order valence-corrected chi connectivity index (χ4v) is 2.23. The second-order valence-corrected chi connectivity index (χ2v) is 5.12. The largest absolute Gasteiger partial charge is 0.335 e. The molecule has 1 aliphatic heterocycles. The first-order valence-corrected chi connectivity index (χ1v) is 6.28. The monoisotopic (exact) mass is 278 g/mol. The Morgan fingerprint density at radius 2 is 1.90 bits per heavy atom. The van der Waals surface area contributed by atoms with Crippen LogP contribution in [0.5, 0.6) is 0 Å². The van der Waals surface area contributed by atoms with Gasteiger partial charge in [0.25, 0.3) is 0 Å². The summed E-state index contributed by atoms with van der Waals surface area (Å²) in [5, 5.41) is 2.14. The molecule has 0 saturated carbocycles. The number of aryl methyl sites for hydroxylation is 1. The number of carbonyl (C=O) groups excluding carboxylic acids is 3. The molecule has 1 aromatic carbocycles. The highest BCUT2D eigenvalue weighted by molar-refractivity contribution is 6.28. The molecule has 1 unspecified atom stereocenters. The number of benzene rings is 1. The molecule has 1 saturated heterocycles. The molecule has 0 radical (unpaired) electrons. The van der Waals surface area contributed by atoms with Crippen molar-refractivity contribution >= 4 is 23.5 Å². The summed E-state index contributed by atoms with van der Waals surface area (Å²) in [5.41, 5.74) is 0.734. The van der Waals surface area contributed by atoms with Crippen molar-refractivity contribution in [3.63, 3.8) is 0 Å². The number of nitrogens with zero attached hydrogens (tertiary/aromatic N) is 1. The van der Waals surface area contributed by atoms with Crippen LogP contribution in [0, 0.1) is 24.6 Å². The average Bonchev–Trinajstić information content (AvgIpc) is 2.32. The van der Waals surface area contributed by atoms with E-state index in [1.54, 1.807) is 20.8 Å². The number of urea groups is 1. The first kappa shape index (κ1) is 14.2. The summed E-state index contributed by atoms with van der Waals surface area (Å²) >= 11 is 0. The summed E-state index contributed by atoms with van der Waals surface area (Å²) in [6.07, 6.45) is 0. The Labute approximate surface area is 115 Å². The highest BCUT2D eigenvalue weighted by atomic mass is 19.1. The maximum atomic E-state index is 13.4. The first-order valence-electron chi connectivity index (χ1n) is 6.28. The molecule has 4 amide bonds. The van der Waals surface area contributed by atoms with Crippen molar-refractivity contribution in [3.8, 4) is 0 Å². The molecule has 20 heavy (non-hydrogen) atoms. The summed E-state index contributed by atoms with van der Waals surface area (Å²) in [5.74, 6) is -2.99. The van der Waals surface area contributed by atoms with Gasteiger partial charge in [0.2, 0.25) is 11.8 Å². The second kappa shape index (κ2) is 5.03. The molecular formula is C14H15FN2O3. The van der Waals surface area contributed by atoms with Crippen LogP contribution in [0.25, 0.3) is 0 Å². The number of hydrogen-bond donors (Lipinski definition) is 1. The summed E-state index contributed by atoms with van der Waals surface area (Å²) in [7, 11) is 0. The van der Waals surface area contributed by atoms with E-state index in [9.17, 15) is 18.8 Å².